The Balaban J connectivity index is 1.27. The van der Waals surface area contributed by atoms with E-state index in [1.807, 2.05) is 0 Å². The van der Waals surface area contributed by atoms with Crippen LogP contribution in [0.2, 0.25) is 0 Å². The Morgan fingerprint density at radius 2 is 1.97 bits per heavy atom. The minimum Gasteiger partial charge on any atom is -0.353 e. The molecule has 0 aromatic carbocycles. The van der Waals surface area contributed by atoms with Crippen LogP contribution in [0.15, 0.2) is 11.9 Å². The fraction of sp³-hybridized carbons (Fsp3) is 0.571. The van der Waals surface area contributed by atoms with E-state index < -0.39 is 11.9 Å². The smallest absolute Gasteiger partial charge is 0.326 e. The lowest BCUT2D eigenvalue weighted by Gasteiger charge is -2.23. The minimum atomic E-state index is -0.529. The van der Waals surface area contributed by atoms with E-state index in [0.717, 1.165) is 25.9 Å². The standard InChI is InChI=1S/C21H27N9O2/c31-17-15(25-20(32)27-17)9-13-10-23-30-16(13)26-18(28-19(30)24-14-3-4-14)22-11-21(5-6-21)12-29-7-1-2-8-29/h9-10,14H,1-8,11-12H2,(H2,22,24,26,28)(H2,25,27,31,32)/b15-9-. The van der Waals surface area contributed by atoms with E-state index in [4.69, 9.17) is 9.97 Å². The molecule has 6 rings (SSSR count). The van der Waals surface area contributed by atoms with E-state index in [1.165, 1.54) is 38.8 Å². The fourth-order valence-corrected chi connectivity index (χ4v) is 4.47. The second-order valence-electron chi connectivity index (χ2n) is 9.43. The third-order valence-corrected chi connectivity index (χ3v) is 6.66. The number of carbonyl (C=O) groups excluding carboxylic acids is 2. The molecule has 2 saturated carbocycles. The molecule has 0 radical (unpaired) electrons. The molecule has 32 heavy (non-hydrogen) atoms. The molecule has 2 aliphatic heterocycles. The highest BCUT2D eigenvalue weighted by atomic mass is 16.2. The molecule has 0 bridgehead atoms. The molecule has 0 spiro atoms. The third-order valence-electron chi connectivity index (χ3n) is 6.66. The zero-order valence-corrected chi connectivity index (χ0v) is 17.9. The van der Waals surface area contributed by atoms with Gasteiger partial charge in [-0.15, -0.1) is 0 Å². The second kappa shape index (κ2) is 7.44. The summed E-state index contributed by atoms with van der Waals surface area (Å²) in [6.07, 6.45) is 10.5. The highest BCUT2D eigenvalue weighted by molar-refractivity contribution is 6.14. The van der Waals surface area contributed by atoms with E-state index in [0.29, 0.717) is 34.6 Å². The van der Waals surface area contributed by atoms with Gasteiger partial charge in [-0.05, 0) is 57.7 Å². The molecule has 2 aromatic rings. The predicted octanol–water partition coefficient (Wildman–Crippen LogP) is 1.17. The number of aromatic nitrogens is 4. The number of fused-ring (bicyclic) bond motifs is 1. The number of rotatable bonds is 8. The maximum atomic E-state index is 11.9. The normalized spacial score (nSPS) is 23.6. The van der Waals surface area contributed by atoms with Gasteiger partial charge in [0.1, 0.15) is 5.70 Å². The Bertz CT molecular complexity index is 1110. The lowest BCUT2D eigenvalue weighted by Crippen LogP contribution is -2.32. The summed E-state index contributed by atoms with van der Waals surface area (Å²) in [5.41, 5.74) is 1.70. The van der Waals surface area contributed by atoms with E-state index in [1.54, 1.807) is 16.8 Å². The largest absolute Gasteiger partial charge is 0.353 e. The minimum absolute atomic E-state index is 0.178. The van der Waals surface area contributed by atoms with Crippen LogP contribution in [0.4, 0.5) is 16.7 Å². The van der Waals surface area contributed by atoms with Gasteiger partial charge in [0, 0.05) is 30.1 Å². The number of urea groups is 1. The highest BCUT2D eigenvalue weighted by Crippen LogP contribution is 2.46. The van der Waals surface area contributed by atoms with Crippen molar-refractivity contribution in [3.63, 3.8) is 0 Å². The molecule has 3 amide bonds. The van der Waals surface area contributed by atoms with Gasteiger partial charge in [0.2, 0.25) is 11.9 Å². The maximum absolute atomic E-state index is 11.9. The van der Waals surface area contributed by atoms with E-state index in [9.17, 15) is 9.59 Å². The van der Waals surface area contributed by atoms with Crippen molar-refractivity contribution in [1.29, 1.82) is 0 Å². The first-order chi connectivity index (χ1) is 15.6. The average Bonchev–Trinajstić information content (AvgIpc) is 3.59. The second-order valence-corrected chi connectivity index (χ2v) is 9.43. The molecule has 2 aromatic heterocycles. The molecule has 0 atom stereocenters. The summed E-state index contributed by atoms with van der Waals surface area (Å²) in [5, 5.41) is 16.0. The van der Waals surface area contributed by atoms with Gasteiger partial charge in [-0.1, -0.05) is 0 Å². The highest BCUT2D eigenvalue weighted by Gasteiger charge is 2.44. The van der Waals surface area contributed by atoms with Crippen molar-refractivity contribution in [2.24, 2.45) is 5.41 Å². The van der Waals surface area contributed by atoms with E-state index in [2.05, 4.69) is 31.3 Å². The molecule has 2 saturated heterocycles. The number of nitrogens with one attached hydrogen (secondary N) is 4. The van der Waals surface area contributed by atoms with Gasteiger partial charge in [-0.3, -0.25) is 10.1 Å². The summed E-state index contributed by atoms with van der Waals surface area (Å²) >= 11 is 0. The van der Waals surface area contributed by atoms with Crippen molar-refractivity contribution in [2.75, 3.05) is 36.8 Å². The summed E-state index contributed by atoms with van der Waals surface area (Å²) in [5.74, 6) is 0.720. The fourth-order valence-electron chi connectivity index (χ4n) is 4.47. The predicted molar refractivity (Wildman–Crippen MR) is 118 cm³/mol. The SMILES string of the molecule is O=C1NC(=O)/C(=C/c2cnn3c(NC4CC4)nc(NCC4(CN5CCCC5)CC4)nc23)N1. The molecule has 2 aliphatic carbocycles. The van der Waals surface area contributed by atoms with Gasteiger partial charge in [0.15, 0.2) is 5.65 Å². The van der Waals surface area contributed by atoms with Crippen molar-refractivity contribution in [3.05, 3.63) is 17.5 Å². The molecule has 4 aliphatic rings. The topological polar surface area (TPSA) is 129 Å². The van der Waals surface area contributed by atoms with Gasteiger partial charge < -0.3 is 20.9 Å². The molecule has 4 heterocycles. The summed E-state index contributed by atoms with van der Waals surface area (Å²) in [6.45, 7) is 4.38. The number of anilines is 2. The number of likely N-dealkylation sites (tertiary alicyclic amines) is 1. The molecule has 4 fully saturated rings. The number of hydrogen-bond acceptors (Lipinski definition) is 8. The van der Waals surface area contributed by atoms with Gasteiger partial charge in [0.05, 0.1) is 6.20 Å². The zero-order chi connectivity index (χ0) is 21.7. The number of nitrogens with zero attached hydrogens (tertiary/aromatic N) is 5. The monoisotopic (exact) mass is 437 g/mol. The van der Waals surface area contributed by atoms with Crippen molar-refractivity contribution < 1.29 is 9.59 Å². The Morgan fingerprint density at radius 3 is 2.66 bits per heavy atom. The summed E-state index contributed by atoms with van der Waals surface area (Å²) in [7, 11) is 0. The van der Waals surface area contributed by atoms with Crippen LogP contribution in [0, 0.1) is 5.41 Å². The van der Waals surface area contributed by atoms with Crippen LogP contribution in [0.3, 0.4) is 0 Å². The quantitative estimate of drug-likeness (QED) is 0.358. The number of amides is 3. The van der Waals surface area contributed by atoms with Crippen LogP contribution in [0.1, 0.15) is 44.1 Å². The first kappa shape index (κ1) is 19.5. The molecule has 11 heteroatoms. The van der Waals surface area contributed by atoms with Gasteiger partial charge >= 0.3 is 6.03 Å². The maximum Gasteiger partial charge on any atom is 0.326 e. The van der Waals surface area contributed by atoms with Gasteiger partial charge in [0.25, 0.3) is 5.91 Å². The Morgan fingerprint density at radius 1 is 1.16 bits per heavy atom. The zero-order valence-electron chi connectivity index (χ0n) is 17.9. The average molecular weight is 438 g/mol. The van der Waals surface area contributed by atoms with Crippen LogP contribution in [-0.4, -0.2) is 68.6 Å². The molecule has 4 N–H and O–H groups in total. The van der Waals surface area contributed by atoms with Crippen molar-refractivity contribution in [2.45, 2.75) is 44.6 Å². The summed E-state index contributed by atoms with van der Waals surface area (Å²) < 4.78 is 1.65. The number of carbonyl (C=O) groups is 2. The number of imide groups is 1. The number of hydrogen-bond donors (Lipinski definition) is 4. The summed E-state index contributed by atoms with van der Waals surface area (Å²) in [6, 6.07) is -0.129. The van der Waals surface area contributed by atoms with Crippen LogP contribution < -0.4 is 21.3 Å². The summed E-state index contributed by atoms with van der Waals surface area (Å²) in [4.78, 5) is 35.4. The lowest BCUT2D eigenvalue weighted by atomic mass is 10.1. The van der Waals surface area contributed by atoms with Crippen LogP contribution in [0.25, 0.3) is 11.7 Å². The van der Waals surface area contributed by atoms with E-state index >= 15 is 0 Å². The molecule has 0 unspecified atom stereocenters. The Labute approximate surface area is 185 Å². The van der Waals surface area contributed by atoms with Crippen molar-refractivity contribution >= 4 is 35.6 Å². The lowest BCUT2D eigenvalue weighted by molar-refractivity contribution is -0.115. The Kier molecular flexibility index (Phi) is 4.53. The molecular weight excluding hydrogens is 410 g/mol. The van der Waals surface area contributed by atoms with Gasteiger partial charge in [-0.25, -0.2) is 4.79 Å². The van der Waals surface area contributed by atoms with Crippen LogP contribution in [-0.2, 0) is 4.79 Å². The molecule has 11 nitrogen and oxygen atoms in total. The molecular formula is C21H27N9O2. The third kappa shape index (κ3) is 3.88. The van der Waals surface area contributed by atoms with E-state index in [-0.39, 0.29) is 5.70 Å². The van der Waals surface area contributed by atoms with Crippen molar-refractivity contribution in [3.8, 4) is 0 Å². The first-order valence-corrected chi connectivity index (χ1v) is 11.4. The van der Waals surface area contributed by atoms with Gasteiger partial charge in [-0.2, -0.15) is 19.6 Å². The first-order valence-electron chi connectivity index (χ1n) is 11.4. The molecule has 168 valence electrons. The van der Waals surface area contributed by atoms with Crippen LogP contribution >= 0.6 is 0 Å². The Hall–Kier alpha value is -3.21. The van der Waals surface area contributed by atoms with Crippen LogP contribution in [0.5, 0.6) is 0 Å². The van der Waals surface area contributed by atoms with Crippen molar-refractivity contribution in [1.82, 2.24) is 35.1 Å².